The van der Waals surface area contributed by atoms with E-state index < -0.39 is 41.0 Å². The number of nitrogens with two attached hydrogens (primary N) is 2. The number of likely N-dealkylation sites (N-methyl/N-ethyl adjacent to an activating group) is 1. The van der Waals surface area contributed by atoms with Gasteiger partial charge in [-0.3, -0.25) is 14.5 Å². The Bertz CT molecular complexity index is 1170. The molecule has 4 rings (SSSR count). The minimum absolute atomic E-state index is 0.0486. The zero-order valence-corrected chi connectivity index (χ0v) is 20.8. The molecule has 0 aliphatic carbocycles. The molecule has 0 radical (unpaired) electrons. The van der Waals surface area contributed by atoms with Gasteiger partial charge in [-0.2, -0.15) is 0 Å². The minimum atomic E-state index is -1.49. The summed E-state index contributed by atoms with van der Waals surface area (Å²) in [6.45, 7) is 1.18. The lowest BCUT2D eigenvalue weighted by molar-refractivity contribution is -0.916. The van der Waals surface area contributed by atoms with Gasteiger partial charge in [-0.15, -0.1) is 23.1 Å². The highest BCUT2D eigenvalue weighted by Crippen LogP contribution is 2.41. The lowest BCUT2D eigenvalue weighted by atomic mass is 10.0. The van der Waals surface area contributed by atoms with Crippen LogP contribution in [0.3, 0.4) is 0 Å². The maximum atomic E-state index is 13.0. The summed E-state index contributed by atoms with van der Waals surface area (Å²) in [5, 5.41) is 27.8. The van der Waals surface area contributed by atoms with E-state index in [1.807, 2.05) is 7.05 Å². The number of nitrogens with one attached hydrogen (secondary N) is 1. The van der Waals surface area contributed by atoms with Crippen LogP contribution in [0.15, 0.2) is 21.8 Å². The van der Waals surface area contributed by atoms with E-state index in [0.29, 0.717) is 22.4 Å². The number of anilines is 1. The molecule has 0 spiro atoms. The van der Waals surface area contributed by atoms with Crippen LogP contribution < -0.4 is 21.9 Å². The number of amides is 3. The number of quaternary nitrogens is 1. The van der Waals surface area contributed by atoms with Gasteiger partial charge >= 0.3 is 6.09 Å². The van der Waals surface area contributed by atoms with E-state index in [1.165, 1.54) is 17.1 Å². The number of carbonyl (C=O) groups excluding carboxylic acids is 4. The summed E-state index contributed by atoms with van der Waals surface area (Å²) in [4.78, 5) is 53.8. The molecule has 3 amide bonds. The second-order valence-electron chi connectivity index (χ2n) is 8.91. The van der Waals surface area contributed by atoms with Gasteiger partial charge in [-0.25, -0.2) is 9.78 Å². The number of nitrogens with zero attached hydrogens (tertiary/aromatic N) is 4. The second-order valence-corrected chi connectivity index (χ2v) is 10.9. The molecule has 3 aliphatic rings. The second kappa shape index (κ2) is 9.94. The molecule has 0 bridgehead atoms. The average Bonchev–Trinajstić information content (AvgIpc) is 3.41. The van der Waals surface area contributed by atoms with Gasteiger partial charge in [0.1, 0.15) is 36.3 Å². The molecule has 1 aromatic rings. The van der Waals surface area contributed by atoms with Crippen molar-refractivity contribution in [2.75, 3.05) is 38.2 Å². The number of rotatable bonds is 8. The van der Waals surface area contributed by atoms with E-state index in [9.17, 15) is 29.5 Å². The number of carboxylic acids is 1. The normalized spacial score (nSPS) is 27.9. The summed E-state index contributed by atoms with van der Waals surface area (Å²) in [5.74, 6) is -2.66. The number of hydrogen-bond acceptors (Lipinski definition) is 12. The van der Waals surface area contributed by atoms with Gasteiger partial charge in [0.05, 0.1) is 25.3 Å². The molecule has 4 atom stereocenters. The summed E-state index contributed by atoms with van der Waals surface area (Å²) >= 11 is 2.36. The van der Waals surface area contributed by atoms with Crippen molar-refractivity contribution in [3.8, 4) is 0 Å². The summed E-state index contributed by atoms with van der Waals surface area (Å²) in [6.07, 6.45) is 0.776. The van der Waals surface area contributed by atoms with Gasteiger partial charge in [-0.1, -0.05) is 5.16 Å². The number of ether oxygens (including phenoxy) is 1. The molecule has 1 aromatic heterocycles. The highest BCUT2D eigenvalue weighted by Gasteiger charge is 2.54. The molecule has 2 saturated heterocycles. The first-order valence-corrected chi connectivity index (χ1v) is 12.9. The number of fused-ring (bicyclic) bond motifs is 1. The highest BCUT2D eigenvalue weighted by atomic mass is 32.2. The average molecular weight is 540 g/mol. The molecule has 0 saturated carbocycles. The van der Waals surface area contributed by atoms with E-state index in [4.69, 9.17) is 16.2 Å². The number of thioether (sulfide) groups is 1. The van der Waals surface area contributed by atoms with Gasteiger partial charge in [0.25, 0.3) is 11.8 Å². The van der Waals surface area contributed by atoms with Gasteiger partial charge in [0, 0.05) is 29.5 Å². The quantitative estimate of drug-likeness (QED) is 0.0938. The van der Waals surface area contributed by atoms with Gasteiger partial charge < -0.3 is 41.1 Å². The van der Waals surface area contributed by atoms with Crippen molar-refractivity contribution in [2.24, 2.45) is 10.9 Å². The Morgan fingerprint density at radius 3 is 2.81 bits per heavy atom. The smallest absolute Gasteiger partial charge is 0.404 e. The van der Waals surface area contributed by atoms with Crippen LogP contribution in [-0.2, 0) is 19.1 Å². The molecule has 16 heteroatoms. The van der Waals surface area contributed by atoms with Crippen molar-refractivity contribution in [3.05, 3.63) is 22.3 Å². The molecule has 0 aromatic carbocycles. The molecule has 14 nitrogen and oxygen atoms in total. The number of aliphatic carboxylic acids is 1. The zero-order chi connectivity index (χ0) is 26.2. The number of carboxylic acid groups (broad SMARTS) is 1. The van der Waals surface area contributed by atoms with E-state index in [1.54, 1.807) is 0 Å². The van der Waals surface area contributed by atoms with E-state index in [-0.39, 0.29) is 29.2 Å². The highest BCUT2D eigenvalue weighted by molar-refractivity contribution is 8.00. The fourth-order valence-electron chi connectivity index (χ4n) is 4.88. The van der Waals surface area contributed by atoms with Crippen LogP contribution in [0.5, 0.6) is 0 Å². The first-order chi connectivity index (χ1) is 17.1. The van der Waals surface area contributed by atoms with Crippen LogP contribution in [0.1, 0.15) is 18.5 Å². The number of β-lactam (4-membered cyclic amide) rings is 1. The summed E-state index contributed by atoms with van der Waals surface area (Å²) < 4.78 is 5.42. The minimum Gasteiger partial charge on any atom is -0.543 e. The van der Waals surface area contributed by atoms with E-state index >= 15 is 0 Å². The number of carbonyl (C=O) groups is 4. The summed E-state index contributed by atoms with van der Waals surface area (Å²) in [5.41, 5.74) is 10.6. The maximum absolute atomic E-state index is 13.0. The van der Waals surface area contributed by atoms with E-state index in [2.05, 4.69) is 15.5 Å². The maximum Gasteiger partial charge on any atom is 0.404 e. The van der Waals surface area contributed by atoms with Crippen molar-refractivity contribution in [3.63, 3.8) is 0 Å². The molecule has 3 aliphatic heterocycles. The monoisotopic (exact) mass is 539 g/mol. The Morgan fingerprint density at radius 2 is 2.19 bits per heavy atom. The summed E-state index contributed by atoms with van der Waals surface area (Å²) in [7, 11) is 1.95. The lowest BCUT2D eigenvalue weighted by Gasteiger charge is -2.51. The largest absolute Gasteiger partial charge is 0.543 e. The topological polar surface area (TPSA) is 213 Å². The van der Waals surface area contributed by atoms with Crippen molar-refractivity contribution in [2.45, 2.75) is 30.3 Å². The zero-order valence-electron chi connectivity index (χ0n) is 19.2. The van der Waals surface area contributed by atoms with Gasteiger partial charge in [0.15, 0.2) is 10.8 Å². The van der Waals surface area contributed by atoms with Crippen LogP contribution in [0.2, 0.25) is 0 Å². The lowest BCUT2D eigenvalue weighted by Crippen LogP contribution is -2.72. The van der Waals surface area contributed by atoms with Crippen molar-refractivity contribution in [1.82, 2.24) is 15.2 Å². The predicted octanol–water partition coefficient (Wildman–Crippen LogP) is -1.99. The van der Waals surface area contributed by atoms with Crippen LogP contribution in [-0.4, -0.2) is 99.1 Å². The Kier molecular flexibility index (Phi) is 7.10. The molecule has 3 unspecified atom stereocenters. The molecule has 36 heavy (non-hydrogen) atoms. The number of primary amides is 1. The summed E-state index contributed by atoms with van der Waals surface area (Å²) in [6, 6.07) is -1.09. The van der Waals surface area contributed by atoms with Crippen molar-refractivity contribution < 1.29 is 38.7 Å². The Balaban J connectivity index is 1.50. The van der Waals surface area contributed by atoms with Crippen LogP contribution in [0.4, 0.5) is 9.93 Å². The van der Waals surface area contributed by atoms with Crippen LogP contribution >= 0.6 is 23.1 Å². The first kappa shape index (κ1) is 25.7. The first-order valence-electron chi connectivity index (χ1n) is 10.9. The SMILES string of the molecule is C[N+]1(CC2=C(C(=O)[O-])N3C(=O)C(NC(=O)C(=NO)c4csc(N)n4)[C@@H]3SC2)CCCC1COC(N)=O. The fraction of sp³-hybridized carbons (Fsp3) is 0.500. The number of nitrogen functional groups attached to an aromatic ring is 1. The number of aromatic nitrogens is 1. The van der Waals surface area contributed by atoms with Crippen LogP contribution in [0, 0.1) is 0 Å². The Hall–Kier alpha value is -3.37. The number of likely N-dealkylation sites (tertiary alicyclic amines) is 1. The molecule has 6 N–H and O–H groups in total. The molecule has 194 valence electrons. The molecule has 4 heterocycles. The van der Waals surface area contributed by atoms with Crippen molar-refractivity contribution >= 4 is 57.8 Å². The molecule has 2 fully saturated rings. The molecular weight excluding hydrogens is 514 g/mol. The third-order valence-corrected chi connectivity index (χ3v) is 8.68. The Morgan fingerprint density at radius 1 is 1.44 bits per heavy atom. The van der Waals surface area contributed by atoms with Crippen LogP contribution in [0.25, 0.3) is 0 Å². The van der Waals surface area contributed by atoms with E-state index in [0.717, 1.165) is 35.6 Å². The fourth-order valence-corrected chi connectivity index (χ4v) is 6.76. The number of oxime groups is 1. The Labute approximate surface area is 213 Å². The van der Waals surface area contributed by atoms with Gasteiger partial charge in [0.2, 0.25) is 0 Å². The van der Waals surface area contributed by atoms with Gasteiger partial charge in [-0.05, 0) is 0 Å². The van der Waals surface area contributed by atoms with Crippen molar-refractivity contribution in [1.29, 1.82) is 0 Å². The predicted molar refractivity (Wildman–Crippen MR) is 126 cm³/mol. The third-order valence-electron chi connectivity index (χ3n) is 6.66. The molecular formula is C20H25N7O7S2. The number of hydrogen-bond donors (Lipinski definition) is 4. The number of thiazole rings is 1. The third kappa shape index (κ3) is 4.70. The standard InChI is InChI=1S/C20H25N7O7S2/c1-27(4-2-3-10(27)6-34-20(22)32)5-9-7-35-17-13(16(29)26(17)14(9)18(30)31)24-15(28)12(25-33)11-8-36-19(21)23-11/h8,10,13,17H,2-7H2,1H3,(H6-,21,22,23,24,28,30,31,32,33)/t10?,13?,17-,27?/m0/s1.